The van der Waals surface area contributed by atoms with Gasteiger partial charge in [0.05, 0.1) is 0 Å². The molecule has 0 fully saturated rings. The Labute approximate surface area is 171 Å². The molecule has 3 aromatic carbocycles. The van der Waals surface area contributed by atoms with E-state index in [1.807, 2.05) is 68.4 Å². The summed E-state index contributed by atoms with van der Waals surface area (Å²) in [4.78, 5) is 26.7. The molecule has 0 aliphatic heterocycles. The Morgan fingerprint density at radius 2 is 1.55 bits per heavy atom. The molecule has 0 spiro atoms. The Kier molecular flexibility index (Phi) is 6.59. The van der Waals surface area contributed by atoms with Crippen molar-refractivity contribution in [1.29, 1.82) is 0 Å². The number of hydrogen-bond donors (Lipinski definition) is 1. The molecule has 0 radical (unpaired) electrons. The number of anilines is 2. The zero-order chi connectivity index (χ0) is 20.6. The van der Waals surface area contributed by atoms with Crippen LogP contribution in [-0.2, 0) is 4.79 Å². The van der Waals surface area contributed by atoms with E-state index >= 15 is 0 Å². The minimum absolute atomic E-state index is 0.0733. The summed E-state index contributed by atoms with van der Waals surface area (Å²) in [6.45, 7) is 4.54. The molecule has 0 saturated heterocycles. The van der Waals surface area contributed by atoms with E-state index in [1.54, 1.807) is 35.2 Å². The highest BCUT2D eigenvalue weighted by Crippen LogP contribution is 2.18. The molecule has 146 valence electrons. The van der Waals surface area contributed by atoms with Crippen molar-refractivity contribution < 1.29 is 9.59 Å². The largest absolute Gasteiger partial charge is 0.323 e. The maximum atomic E-state index is 12.8. The summed E-state index contributed by atoms with van der Waals surface area (Å²) in [5, 5.41) is 2.81. The second kappa shape index (κ2) is 9.51. The van der Waals surface area contributed by atoms with Crippen LogP contribution in [0.1, 0.15) is 28.4 Å². The van der Waals surface area contributed by atoms with Gasteiger partial charge in [-0.1, -0.05) is 48.0 Å². The van der Waals surface area contributed by atoms with Crippen molar-refractivity contribution in [2.45, 2.75) is 13.8 Å². The smallest absolute Gasteiger partial charge is 0.258 e. The molecule has 0 unspecified atom stereocenters. The SMILES string of the molecule is CCN(C(=O)c1ccc(NC(=O)/C=C/c2ccc(C)cc2)cc1)c1ccccc1. The molecule has 2 amide bonds. The van der Waals surface area contributed by atoms with E-state index in [0.717, 1.165) is 11.3 Å². The lowest BCUT2D eigenvalue weighted by molar-refractivity contribution is -0.111. The molecule has 0 heterocycles. The number of carbonyl (C=O) groups is 2. The van der Waals surface area contributed by atoms with Crippen LogP contribution in [0.15, 0.2) is 84.9 Å². The topological polar surface area (TPSA) is 49.4 Å². The quantitative estimate of drug-likeness (QED) is 0.585. The van der Waals surface area contributed by atoms with Crippen molar-refractivity contribution in [2.24, 2.45) is 0 Å². The highest BCUT2D eigenvalue weighted by Gasteiger charge is 2.15. The molecule has 0 aliphatic rings. The van der Waals surface area contributed by atoms with Crippen LogP contribution in [0.2, 0.25) is 0 Å². The molecule has 0 atom stereocenters. The third kappa shape index (κ3) is 5.42. The predicted octanol–water partition coefficient (Wildman–Crippen LogP) is 5.31. The number of hydrogen-bond acceptors (Lipinski definition) is 2. The molecular weight excluding hydrogens is 360 g/mol. The second-order valence-corrected chi connectivity index (χ2v) is 6.70. The van der Waals surface area contributed by atoms with E-state index in [2.05, 4.69) is 5.32 Å². The fourth-order valence-corrected chi connectivity index (χ4v) is 2.94. The van der Waals surface area contributed by atoms with Gasteiger partial charge in [0.15, 0.2) is 0 Å². The van der Waals surface area contributed by atoms with E-state index in [-0.39, 0.29) is 11.8 Å². The molecule has 4 heteroatoms. The zero-order valence-electron chi connectivity index (χ0n) is 16.6. The lowest BCUT2D eigenvalue weighted by Gasteiger charge is -2.21. The van der Waals surface area contributed by atoms with Crippen LogP contribution in [0.5, 0.6) is 0 Å². The van der Waals surface area contributed by atoms with Gasteiger partial charge in [0.25, 0.3) is 5.91 Å². The van der Waals surface area contributed by atoms with Crippen LogP contribution in [0.4, 0.5) is 11.4 Å². The number of aryl methyl sites for hydroxylation is 1. The normalized spacial score (nSPS) is 10.7. The summed E-state index contributed by atoms with van der Waals surface area (Å²) in [6, 6.07) is 24.4. The van der Waals surface area contributed by atoms with Crippen LogP contribution < -0.4 is 10.2 Å². The highest BCUT2D eigenvalue weighted by atomic mass is 16.2. The van der Waals surface area contributed by atoms with Gasteiger partial charge in [-0.15, -0.1) is 0 Å². The van der Waals surface area contributed by atoms with Crippen LogP contribution in [0.3, 0.4) is 0 Å². The van der Waals surface area contributed by atoms with Crippen LogP contribution >= 0.6 is 0 Å². The van der Waals surface area contributed by atoms with E-state index in [9.17, 15) is 9.59 Å². The fourth-order valence-electron chi connectivity index (χ4n) is 2.94. The minimum Gasteiger partial charge on any atom is -0.323 e. The number of para-hydroxylation sites is 1. The van der Waals surface area contributed by atoms with Crippen LogP contribution in [-0.4, -0.2) is 18.4 Å². The maximum Gasteiger partial charge on any atom is 0.258 e. The van der Waals surface area contributed by atoms with Crippen molar-refractivity contribution in [1.82, 2.24) is 0 Å². The number of carbonyl (C=O) groups excluding carboxylic acids is 2. The molecule has 29 heavy (non-hydrogen) atoms. The van der Waals surface area contributed by atoms with Crippen molar-refractivity contribution in [3.63, 3.8) is 0 Å². The Balaban J connectivity index is 1.64. The van der Waals surface area contributed by atoms with Crippen molar-refractivity contribution in [2.75, 3.05) is 16.8 Å². The Morgan fingerprint density at radius 3 is 2.17 bits per heavy atom. The number of benzene rings is 3. The first-order chi connectivity index (χ1) is 14.1. The molecule has 0 bridgehead atoms. The number of nitrogens with zero attached hydrogens (tertiary/aromatic N) is 1. The minimum atomic E-state index is -0.218. The summed E-state index contributed by atoms with van der Waals surface area (Å²) in [5.41, 5.74) is 4.22. The summed E-state index contributed by atoms with van der Waals surface area (Å²) >= 11 is 0. The maximum absolute atomic E-state index is 12.8. The first-order valence-corrected chi connectivity index (χ1v) is 9.59. The number of nitrogens with one attached hydrogen (secondary N) is 1. The van der Waals surface area contributed by atoms with E-state index < -0.39 is 0 Å². The Morgan fingerprint density at radius 1 is 0.897 bits per heavy atom. The predicted molar refractivity (Wildman–Crippen MR) is 119 cm³/mol. The van der Waals surface area contributed by atoms with Crippen LogP contribution in [0.25, 0.3) is 6.08 Å². The first-order valence-electron chi connectivity index (χ1n) is 9.59. The zero-order valence-corrected chi connectivity index (χ0v) is 16.6. The van der Waals surface area contributed by atoms with Crippen molar-refractivity contribution >= 4 is 29.3 Å². The van der Waals surface area contributed by atoms with Gasteiger partial charge >= 0.3 is 0 Å². The summed E-state index contributed by atoms with van der Waals surface area (Å²) in [5.74, 6) is -0.292. The Bertz CT molecular complexity index is 991. The molecule has 1 N–H and O–H groups in total. The van der Waals surface area contributed by atoms with Gasteiger partial charge in [-0.25, -0.2) is 0 Å². The Hall–Kier alpha value is -3.66. The molecule has 3 aromatic rings. The highest BCUT2D eigenvalue weighted by molar-refractivity contribution is 6.07. The summed E-state index contributed by atoms with van der Waals surface area (Å²) in [6.07, 6.45) is 3.27. The first kappa shape index (κ1) is 20.1. The van der Waals surface area contributed by atoms with E-state index in [1.165, 1.54) is 11.6 Å². The lowest BCUT2D eigenvalue weighted by atomic mass is 10.1. The van der Waals surface area contributed by atoms with Gasteiger partial charge in [-0.2, -0.15) is 0 Å². The lowest BCUT2D eigenvalue weighted by Crippen LogP contribution is -2.30. The van der Waals surface area contributed by atoms with Crippen molar-refractivity contribution in [3.05, 3.63) is 102 Å². The average molecular weight is 384 g/mol. The van der Waals surface area contributed by atoms with Gasteiger partial charge in [-0.05, 0) is 61.9 Å². The van der Waals surface area contributed by atoms with Gasteiger partial charge in [-0.3, -0.25) is 9.59 Å². The monoisotopic (exact) mass is 384 g/mol. The van der Waals surface area contributed by atoms with Gasteiger partial charge in [0.1, 0.15) is 0 Å². The molecule has 0 aliphatic carbocycles. The van der Waals surface area contributed by atoms with Gasteiger partial charge in [0, 0.05) is 29.6 Å². The molecule has 0 aromatic heterocycles. The summed E-state index contributed by atoms with van der Waals surface area (Å²) in [7, 11) is 0. The molecule has 3 rings (SSSR count). The third-order valence-electron chi connectivity index (χ3n) is 4.53. The number of amides is 2. The molecule has 4 nitrogen and oxygen atoms in total. The van der Waals surface area contributed by atoms with E-state index in [4.69, 9.17) is 0 Å². The molecule has 0 saturated carbocycles. The average Bonchev–Trinajstić information content (AvgIpc) is 2.75. The van der Waals surface area contributed by atoms with Crippen LogP contribution in [0, 0.1) is 6.92 Å². The molecular formula is C25H24N2O2. The number of rotatable bonds is 6. The van der Waals surface area contributed by atoms with E-state index in [0.29, 0.717) is 17.8 Å². The standard InChI is InChI=1S/C25H24N2O2/c1-3-27(23-7-5-4-6-8-23)25(29)21-14-16-22(17-15-21)26-24(28)18-13-20-11-9-19(2)10-12-20/h4-18H,3H2,1-2H3,(H,26,28)/b18-13+. The van der Waals surface area contributed by atoms with Gasteiger partial charge < -0.3 is 10.2 Å². The third-order valence-corrected chi connectivity index (χ3v) is 4.53. The second-order valence-electron chi connectivity index (χ2n) is 6.70. The van der Waals surface area contributed by atoms with Gasteiger partial charge in [0.2, 0.25) is 5.91 Å². The van der Waals surface area contributed by atoms with Crippen molar-refractivity contribution in [3.8, 4) is 0 Å². The fraction of sp³-hybridized carbons (Fsp3) is 0.120. The summed E-state index contributed by atoms with van der Waals surface area (Å²) < 4.78 is 0.